The Balaban J connectivity index is 1.28. The van der Waals surface area contributed by atoms with Crippen LogP contribution in [0.5, 0.6) is 17.2 Å². The molecule has 54 heavy (non-hydrogen) atoms. The maximum absolute atomic E-state index is 13.9. The number of nitrogens with one attached hydrogen (secondary N) is 1. The number of amides is 2. The minimum absolute atomic E-state index is 0.0141. The van der Waals surface area contributed by atoms with E-state index in [0.717, 1.165) is 17.6 Å². The third kappa shape index (κ3) is 8.97. The number of thiazole rings is 1. The summed E-state index contributed by atoms with van der Waals surface area (Å²) in [4.78, 5) is 59.9. The summed E-state index contributed by atoms with van der Waals surface area (Å²) in [5, 5.41) is 4.10. The average Bonchev–Trinajstić information content (AvgIpc) is 3.58. The highest BCUT2D eigenvalue weighted by molar-refractivity contribution is 7.90. The van der Waals surface area contributed by atoms with Crippen LogP contribution in [0.2, 0.25) is 0 Å². The molecule has 14 nitrogen and oxygen atoms in total. The molecule has 6 rings (SSSR count). The molecule has 1 aliphatic heterocycles. The molecule has 1 saturated heterocycles. The number of carbonyl (C=O) groups is 3. The minimum Gasteiger partial charge on any atom is -0.453 e. The lowest BCUT2D eigenvalue weighted by molar-refractivity contribution is -0.189. The zero-order valence-corrected chi connectivity index (χ0v) is 30.2. The number of esters is 1. The van der Waals surface area contributed by atoms with E-state index in [2.05, 4.69) is 25.3 Å². The number of rotatable bonds is 10. The highest BCUT2D eigenvalue weighted by Gasteiger charge is 2.43. The van der Waals surface area contributed by atoms with E-state index in [1.54, 1.807) is 47.8 Å². The van der Waals surface area contributed by atoms with Crippen LogP contribution in [0, 0.1) is 6.92 Å². The number of carbonyl (C=O) groups excluding carboxylic acids is 3. The summed E-state index contributed by atoms with van der Waals surface area (Å²) in [6.45, 7) is 3.65. The number of anilines is 2. The Morgan fingerprint density at radius 2 is 1.63 bits per heavy atom. The van der Waals surface area contributed by atoms with Crippen molar-refractivity contribution in [3.05, 3.63) is 95.4 Å². The van der Waals surface area contributed by atoms with Gasteiger partial charge in [0.15, 0.2) is 26.5 Å². The van der Waals surface area contributed by atoms with Crippen LogP contribution in [0.4, 0.5) is 24.3 Å². The van der Waals surface area contributed by atoms with Crippen molar-refractivity contribution in [2.24, 2.45) is 0 Å². The van der Waals surface area contributed by atoms with E-state index < -0.39 is 45.0 Å². The lowest BCUT2D eigenvalue weighted by Crippen LogP contribution is -2.49. The molecule has 1 aliphatic rings. The summed E-state index contributed by atoms with van der Waals surface area (Å²) in [6, 6.07) is 12.5. The summed E-state index contributed by atoms with van der Waals surface area (Å²) < 4.78 is 75.2. The topological polar surface area (TPSA) is 174 Å². The van der Waals surface area contributed by atoms with Crippen LogP contribution in [0.1, 0.15) is 21.6 Å². The molecule has 1 N–H and O–H groups in total. The Morgan fingerprint density at radius 3 is 2.28 bits per heavy atom. The SMILES string of the molecule is Cc1cccnc1-c1cc(Oc2ccc(S(C)(=O)=O)cc2)c(OC(=O)C(F)(F)F)c(C(=O)Nc2nc(CC(=O)N3CCN(c4ncccn4)CC3)cs2)c1. The van der Waals surface area contributed by atoms with Crippen LogP contribution < -0.4 is 19.7 Å². The lowest BCUT2D eigenvalue weighted by atomic mass is 10.0. The number of sulfone groups is 1. The van der Waals surface area contributed by atoms with Gasteiger partial charge in [-0.05, 0) is 61.0 Å². The zero-order valence-electron chi connectivity index (χ0n) is 28.5. The molecule has 3 aromatic heterocycles. The van der Waals surface area contributed by atoms with Crippen molar-refractivity contribution in [1.82, 2.24) is 24.8 Å². The third-order valence-corrected chi connectivity index (χ3v) is 10.00. The van der Waals surface area contributed by atoms with Gasteiger partial charge in [0.1, 0.15) is 5.75 Å². The Bertz CT molecular complexity index is 2300. The summed E-state index contributed by atoms with van der Waals surface area (Å²) >= 11 is 0.977. The van der Waals surface area contributed by atoms with Gasteiger partial charge in [-0.1, -0.05) is 6.07 Å². The number of hydrogen-bond acceptors (Lipinski definition) is 13. The Kier molecular flexibility index (Phi) is 10.9. The molecule has 2 amide bonds. The number of pyridine rings is 1. The zero-order chi connectivity index (χ0) is 38.6. The van der Waals surface area contributed by atoms with Gasteiger partial charge >= 0.3 is 12.1 Å². The van der Waals surface area contributed by atoms with Gasteiger partial charge in [0.2, 0.25) is 11.9 Å². The molecule has 5 aromatic rings. The van der Waals surface area contributed by atoms with E-state index in [-0.39, 0.29) is 33.7 Å². The van der Waals surface area contributed by atoms with Crippen molar-refractivity contribution < 1.29 is 45.4 Å². The first-order valence-electron chi connectivity index (χ1n) is 16.1. The van der Waals surface area contributed by atoms with Crippen LogP contribution in [0.25, 0.3) is 11.3 Å². The summed E-state index contributed by atoms with van der Waals surface area (Å²) in [7, 11) is -3.59. The van der Waals surface area contributed by atoms with Crippen molar-refractivity contribution in [1.29, 1.82) is 0 Å². The van der Waals surface area contributed by atoms with Gasteiger partial charge < -0.3 is 19.3 Å². The second kappa shape index (κ2) is 15.6. The highest BCUT2D eigenvalue weighted by atomic mass is 32.2. The Hall–Kier alpha value is -5.95. The summed E-state index contributed by atoms with van der Waals surface area (Å²) in [6.07, 6.45) is 0.228. The maximum Gasteiger partial charge on any atom is 0.491 e. The van der Waals surface area contributed by atoms with E-state index in [1.165, 1.54) is 42.6 Å². The first kappa shape index (κ1) is 37.8. The molecule has 19 heteroatoms. The first-order chi connectivity index (χ1) is 25.7. The quantitative estimate of drug-likeness (QED) is 0.147. The molecule has 0 unspecified atom stereocenters. The largest absolute Gasteiger partial charge is 0.491 e. The summed E-state index contributed by atoms with van der Waals surface area (Å²) in [5.41, 5.74) is 1.00. The monoisotopic (exact) mass is 781 g/mol. The highest BCUT2D eigenvalue weighted by Crippen LogP contribution is 2.41. The molecule has 0 aliphatic carbocycles. The number of hydrogen-bond donors (Lipinski definition) is 1. The van der Waals surface area contributed by atoms with Crippen molar-refractivity contribution in [2.75, 3.05) is 42.7 Å². The number of nitrogens with zero attached hydrogens (tertiary/aromatic N) is 6. The molecule has 0 atom stereocenters. The second-order valence-electron chi connectivity index (χ2n) is 11.9. The molecule has 0 spiro atoms. The molecule has 4 heterocycles. The van der Waals surface area contributed by atoms with Gasteiger partial charge in [-0.25, -0.2) is 28.2 Å². The van der Waals surface area contributed by atoms with E-state index in [9.17, 15) is 36.0 Å². The van der Waals surface area contributed by atoms with Gasteiger partial charge in [-0.2, -0.15) is 13.2 Å². The molecule has 2 aromatic carbocycles. The average molecular weight is 782 g/mol. The number of halogens is 3. The van der Waals surface area contributed by atoms with Crippen molar-refractivity contribution in [3.8, 4) is 28.5 Å². The number of benzene rings is 2. The second-order valence-corrected chi connectivity index (χ2v) is 14.8. The Morgan fingerprint density at radius 1 is 0.944 bits per heavy atom. The molecular weight excluding hydrogens is 752 g/mol. The molecule has 280 valence electrons. The van der Waals surface area contributed by atoms with Crippen LogP contribution in [-0.4, -0.2) is 89.6 Å². The predicted molar refractivity (Wildman–Crippen MR) is 190 cm³/mol. The first-order valence-corrected chi connectivity index (χ1v) is 18.9. The molecule has 0 saturated carbocycles. The van der Waals surface area contributed by atoms with Gasteiger partial charge in [0.05, 0.1) is 28.3 Å². The fourth-order valence-electron chi connectivity index (χ4n) is 5.40. The van der Waals surface area contributed by atoms with Crippen LogP contribution in [-0.2, 0) is 25.8 Å². The van der Waals surface area contributed by atoms with Gasteiger partial charge in [-0.3, -0.25) is 19.9 Å². The van der Waals surface area contributed by atoms with Crippen LogP contribution in [0.15, 0.2) is 83.5 Å². The minimum atomic E-state index is -5.45. The van der Waals surface area contributed by atoms with Crippen LogP contribution in [0.3, 0.4) is 0 Å². The maximum atomic E-state index is 13.9. The van der Waals surface area contributed by atoms with E-state index >= 15 is 0 Å². The standard InChI is InChI=1S/C35H30F3N7O7S2/c1-21-5-3-10-39-29(21)22-17-26(30(52-32(48)35(36,37)38)27(18-22)51-24-6-8-25(9-7-24)54(2,49)50)31(47)43-34-42-23(20-53-34)19-28(46)44-13-15-45(16-14-44)33-40-11-4-12-41-33/h3-12,17-18,20H,13-16,19H2,1-2H3,(H,42,43,47). The van der Waals surface area contributed by atoms with Gasteiger partial charge in [0, 0.05) is 62.0 Å². The normalized spacial score (nSPS) is 13.4. The molecule has 1 fully saturated rings. The predicted octanol–water partition coefficient (Wildman–Crippen LogP) is 5.11. The van der Waals surface area contributed by atoms with Gasteiger partial charge in [-0.15, -0.1) is 11.3 Å². The van der Waals surface area contributed by atoms with Gasteiger partial charge in [0.25, 0.3) is 5.91 Å². The molecular formula is C35H30F3N7O7S2. The summed E-state index contributed by atoms with van der Waals surface area (Å²) in [5.74, 6) is -4.65. The van der Waals surface area contributed by atoms with E-state index in [4.69, 9.17) is 9.47 Å². The van der Waals surface area contributed by atoms with Crippen molar-refractivity contribution in [3.63, 3.8) is 0 Å². The fourth-order valence-corrected chi connectivity index (χ4v) is 6.73. The van der Waals surface area contributed by atoms with Crippen molar-refractivity contribution >= 4 is 50.0 Å². The molecule has 0 radical (unpaired) electrons. The lowest BCUT2D eigenvalue weighted by Gasteiger charge is -2.34. The van der Waals surface area contributed by atoms with E-state index in [0.29, 0.717) is 49.1 Å². The smallest absolute Gasteiger partial charge is 0.453 e. The number of piperazine rings is 1. The Labute approximate surface area is 310 Å². The fraction of sp³-hybridized carbons (Fsp3) is 0.229. The van der Waals surface area contributed by atoms with Crippen molar-refractivity contribution in [2.45, 2.75) is 24.4 Å². The number of ether oxygens (including phenoxy) is 2. The number of aryl methyl sites for hydroxylation is 1. The van der Waals surface area contributed by atoms with E-state index in [1.807, 2.05) is 4.90 Å². The number of aromatic nitrogens is 4. The number of alkyl halides is 3. The molecule has 0 bridgehead atoms. The van der Waals surface area contributed by atoms with Crippen LogP contribution >= 0.6 is 11.3 Å². The third-order valence-electron chi connectivity index (χ3n) is 8.06.